The molecule has 216 valence electrons. The largest absolute Gasteiger partial charge is 0.311 e. The molecule has 9 rings (SSSR count). The predicted molar refractivity (Wildman–Crippen MR) is 198 cm³/mol. The number of anilines is 3. The van der Waals surface area contributed by atoms with Crippen LogP contribution in [0.25, 0.3) is 64.2 Å². The lowest BCUT2D eigenvalue weighted by atomic mass is 9.93. The Morgan fingerprint density at radius 1 is 0.413 bits per heavy atom. The molecule has 0 N–H and O–H groups in total. The van der Waals surface area contributed by atoms with Crippen molar-refractivity contribution in [3.8, 4) is 22.4 Å². The van der Waals surface area contributed by atoms with Gasteiger partial charge in [0.15, 0.2) is 0 Å². The Kier molecular flexibility index (Phi) is 6.36. The summed E-state index contributed by atoms with van der Waals surface area (Å²) in [5.74, 6) is 0. The molecule has 0 aliphatic carbocycles. The molecule has 2 aromatic heterocycles. The minimum atomic E-state index is 0.987. The molecule has 0 amide bonds. The van der Waals surface area contributed by atoms with Crippen LogP contribution in [0.2, 0.25) is 0 Å². The highest BCUT2D eigenvalue weighted by Gasteiger charge is 2.15. The van der Waals surface area contributed by atoms with E-state index in [2.05, 4.69) is 175 Å². The molecule has 0 radical (unpaired) electrons. The van der Waals surface area contributed by atoms with Crippen molar-refractivity contribution < 1.29 is 0 Å². The standard InChI is InChI=1S/C43H28N2S/c1-2-11-32(12-3-1)45(34-24-20-30(21-25-34)40-26-27-42-43(44-40)38-16-8-9-17-41(38)46-42)33-22-18-29(19-23-33)39-28-31-10-4-5-13-35(31)36-14-6-7-15-37(36)39/h1-28H. The lowest BCUT2D eigenvalue weighted by Crippen LogP contribution is -2.09. The molecule has 0 atom stereocenters. The third-order valence-electron chi connectivity index (χ3n) is 8.86. The number of thiophene rings is 1. The van der Waals surface area contributed by atoms with Crippen LogP contribution >= 0.6 is 11.3 Å². The van der Waals surface area contributed by atoms with Crippen LogP contribution in [0.4, 0.5) is 17.1 Å². The highest BCUT2D eigenvalue weighted by Crippen LogP contribution is 2.40. The molecule has 7 aromatic carbocycles. The number of aromatic nitrogens is 1. The molecule has 0 aliphatic heterocycles. The molecule has 46 heavy (non-hydrogen) atoms. The van der Waals surface area contributed by atoms with Crippen LogP contribution in [0.15, 0.2) is 170 Å². The SMILES string of the molecule is c1ccc(N(c2ccc(-c3ccc4sc5ccccc5c4n3)cc2)c2ccc(-c3cc4ccccc4c4ccccc34)cc2)cc1. The van der Waals surface area contributed by atoms with Crippen molar-refractivity contribution >= 4 is 70.2 Å². The van der Waals surface area contributed by atoms with Crippen molar-refractivity contribution in [3.05, 3.63) is 170 Å². The molecule has 0 spiro atoms. The first kappa shape index (κ1) is 26.6. The Hall–Kier alpha value is -5.77. The number of hydrogen-bond donors (Lipinski definition) is 0. The molecular formula is C43H28N2S. The summed E-state index contributed by atoms with van der Waals surface area (Å²) >= 11 is 1.80. The Balaban J connectivity index is 1.10. The van der Waals surface area contributed by atoms with E-state index in [4.69, 9.17) is 4.98 Å². The molecule has 0 bridgehead atoms. The summed E-state index contributed by atoms with van der Waals surface area (Å²) < 4.78 is 2.49. The van der Waals surface area contributed by atoms with Gasteiger partial charge in [0.05, 0.1) is 15.9 Å². The topological polar surface area (TPSA) is 16.1 Å². The average Bonchev–Trinajstić information content (AvgIpc) is 3.51. The maximum atomic E-state index is 5.10. The van der Waals surface area contributed by atoms with Gasteiger partial charge in [-0.15, -0.1) is 11.3 Å². The maximum absolute atomic E-state index is 5.10. The van der Waals surface area contributed by atoms with Gasteiger partial charge in [0.25, 0.3) is 0 Å². The smallest absolute Gasteiger partial charge is 0.0895 e. The molecule has 2 heterocycles. The first-order chi connectivity index (χ1) is 22.8. The Morgan fingerprint density at radius 2 is 1.00 bits per heavy atom. The summed E-state index contributed by atoms with van der Waals surface area (Å²) in [4.78, 5) is 7.41. The summed E-state index contributed by atoms with van der Waals surface area (Å²) in [6.07, 6.45) is 0. The zero-order valence-corrected chi connectivity index (χ0v) is 25.8. The summed E-state index contributed by atoms with van der Waals surface area (Å²) in [5.41, 5.74) is 8.94. The third kappa shape index (κ3) is 4.52. The molecule has 0 fully saturated rings. The summed E-state index contributed by atoms with van der Waals surface area (Å²) in [7, 11) is 0. The summed E-state index contributed by atoms with van der Waals surface area (Å²) in [5, 5.41) is 6.32. The van der Waals surface area contributed by atoms with Gasteiger partial charge in [-0.05, 0) is 93.3 Å². The van der Waals surface area contributed by atoms with Crippen molar-refractivity contribution in [2.24, 2.45) is 0 Å². The van der Waals surface area contributed by atoms with E-state index in [1.54, 1.807) is 11.3 Å². The van der Waals surface area contributed by atoms with Gasteiger partial charge >= 0.3 is 0 Å². The zero-order valence-electron chi connectivity index (χ0n) is 25.0. The third-order valence-corrected chi connectivity index (χ3v) is 9.99. The van der Waals surface area contributed by atoms with Gasteiger partial charge in [-0.25, -0.2) is 4.98 Å². The van der Waals surface area contributed by atoms with E-state index in [0.29, 0.717) is 0 Å². The number of pyridine rings is 1. The molecular weight excluding hydrogens is 577 g/mol. The second kappa shape index (κ2) is 11.0. The number of benzene rings is 7. The lowest BCUT2D eigenvalue weighted by molar-refractivity contribution is 1.28. The Bertz CT molecular complexity index is 2510. The second-order valence-corrected chi connectivity index (χ2v) is 12.7. The first-order valence-corrected chi connectivity index (χ1v) is 16.4. The van der Waals surface area contributed by atoms with Gasteiger partial charge in [0.1, 0.15) is 0 Å². The molecule has 0 saturated heterocycles. The quantitative estimate of drug-likeness (QED) is 0.182. The fourth-order valence-electron chi connectivity index (χ4n) is 6.64. The van der Waals surface area contributed by atoms with Gasteiger partial charge < -0.3 is 4.90 Å². The van der Waals surface area contributed by atoms with Crippen LogP contribution in [0.1, 0.15) is 0 Å². The number of hydrogen-bond acceptors (Lipinski definition) is 3. The maximum Gasteiger partial charge on any atom is 0.0895 e. The van der Waals surface area contributed by atoms with Crippen LogP contribution < -0.4 is 4.90 Å². The predicted octanol–water partition coefficient (Wildman–Crippen LogP) is 12.6. The minimum Gasteiger partial charge on any atom is -0.311 e. The summed E-state index contributed by atoms with van der Waals surface area (Å²) in [6.45, 7) is 0. The van der Waals surface area contributed by atoms with E-state index in [9.17, 15) is 0 Å². The number of rotatable bonds is 5. The lowest BCUT2D eigenvalue weighted by Gasteiger charge is -2.26. The van der Waals surface area contributed by atoms with Crippen LogP contribution in [0.5, 0.6) is 0 Å². The number of nitrogens with zero attached hydrogens (tertiary/aromatic N) is 2. The minimum absolute atomic E-state index is 0.987. The molecule has 0 unspecified atom stereocenters. The van der Waals surface area contributed by atoms with Crippen LogP contribution in [0.3, 0.4) is 0 Å². The fraction of sp³-hybridized carbons (Fsp3) is 0. The van der Waals surface area contributed by atoms with Crippen molar-refractivity contribution in [2.75, 3.05) is 4.90 Å². The van der Waals surface area contributed by atoms with Crippen molar-refractivity contribution in [1.29, 1.82) is 0 Å². The van der Waals surface area contributed by atoms with Crippen LogP contribution in [-0.4, -0.2) is 4.98 Å². The number of fused-ring (bicyclic) bond motifs is 6. The molecule has 9 aromatic rings. The fourth-order valence-corrected chi connectivity index (χ4v) is 7.69. The molecule has 3 heteroatoms. The van der Waals surface area contributed by atoms with E-state index in [0.717, 1.165) is 33.8 Å². The van der Waals surface area contributed by atoms with Gasteiger partial charge in [-0.2, -0.15) is 0 Å². The van der Waals surface area contributed by atoms with Crippen molar-refractivity contribution in [1.82, 2.24) is 4.98 Å². The highest BCUT2D eigenvalue weighted by molar-refractivity contribution is 7.25. The van der Waals surface area contributed by atoms with Crippen LogP contribution in [-0.2, 0) is 0 Å². The van der Waals surface area contributed by atoms with E-state index in [1.165, 1.54) is 47.5 Å². The second-order valence-electron chi connectivity index (χ2n) is 11.6. The average molecular weight is 605 g/mol. The van der Waals surface area contributed by atoms with E-state index < -0.39 is 0 Å². The van der Waals surface area contributed by atoms with E-state index in [-0.39, 0.29) is 0 Å². The highest BCUT2D eigenvalue weighted by atomic mass is 32.1. The van der Waals surface area contributed by atoms with E-state index >= 15 is 0 Å². The number of para-hydroxylation sites is 1. The Morgan fingerprint density at radius 3 is 1.76 bits per heavy atom. The molecule has 0 saturated carbocycles. The Labute approximate surface area is 271 Å². The van der Waals surface area contributed by atoms with Crippen LogP contribution in [0, 0.1) is 0 Å². The monoisotopic (exact) mass is 604 g/mol. The van der Waals surface area contributed by atoms with Crippen molar-refractivity contribution in [3.63, 3.8) is 0 Å². The first-order valence-electron chi connectivity index (χ1n) is 15.5. The van der Waals surface area contributed by atoms with Crippen molar-refractivity contribution in [2.45, 2.75) is 0 Å². The van der Waals surface area contributed by atoms with Gasteiger partial charge in [0, 0.05) is 32.7 Å². The zero-order chi connectivity index (χ0) is 30.5. The van der Waals surface area contributed by atoms with Gasteiger partial charge in [-0.3, -0.25) is 0 Å². The van der Waals surface area contributed by atoms with Gasteiger partial charge in [-0.1, -0.05) is 109 Å². The van der Waals surface area contributed by atoms with E-state index in [1.807, 2.05) is 0 Å². The molecule has 2 nitrogen and oxygen atoms in total. The summed E-state index contributed by atoms with van der Waals surface area (Å²) in [6, 6.07) is 60.9. The normalized spacial score (nSPS) is 11.5. The van der Waals surface area contributed by atoms with Gasteiger partial charge in [0.2, 0.25) is 0 Å². The molecule has 0 aliphatic rings.